The summed E-state index contributed by atoms with van der Waals surface area (Å²) in [5.74, 6) is 1.41. The van der Waals surface area contributed by atoms with Crippen molar-refractivity contribution in [1.82, 2.24) is 0 Å². The molecule has 0 atom stereocenters. The van der Waals surface area contributed by atoms with Crippen molar-refractivity contribution in [3.63, 3.8) is 0 Å². The summed E-state index contributed by atoms with van der Waals surface area (Å²) < 4.78 is 5.75. The van der Waals surface area contributed by atoms with Gasteiger partial charge in [0.1, 0.15) is 11.5 Å². The van der Waals surface area contributed by atoms with Gasteiger partial charge in [-0.25, -0.2) is 0 Å². The second-order valence-electron chi connectivity index (χ2n) is 12.9. The number of ether oxygens (including phenoxy) is 1. The normalized spacial score (nSPS) is 11.5. The van der Waals surface area contributed by atoms with Gasteiger partial charge in [0.25, 0.3) is 0 Å². The summed E-state index contributed by atoms with van der Waals surface area (Å²) in [4.78, 5) is 11.5. The quantitative estimate of drug-likeness (QED) is 0.249. The van der Waals surface area contributed by atoms with E-state index in [2.05, 4.69) is 72.8 Å². The minimum absolute atomic E-state index is 0.0178. The van der Waals surface area contributed by atoms with Gasteiger partial charge in [-0.1, -0.05) is 118 Å². The van der Waals surface area contributed by atoms with Gasteiger partial charge in [0.05, 0.1) is 6.61 Å². The standard InChI is InChI=1S/C20H33NO2.C15H24O/c1-3-5-6-7-8-9-10-11-17-23-19-15-13-18(14-16-19)21-20(22)12-4-2;1-10-8-11(14(2,3)4)13(16)12(9-10)15(5,6)7/h13-16H,3-12,17H2,1-2H3,(H,21,22);8-9,16H,1-7H3. The lowest BCUT2D eigenvalue weighted by molar-refractivity contribution is -0.116. The second kappa shape index (κ2) is 17.3. The number of phenols is 1. The number of carbonyl (C=O) groups excluding carboxylic acids is 1. The first-order chi connectivity index (χ1) is 18.3. The van der Waals surface area contributed by atoms with Crippen LogP contribution < -0.4 is 10.1 Å². The SMILES string of the molecule is CCCCCCCCCCOc1ccc(NC(=O)CCC)cc1.Cc1cc(C(C)(C)C)c(O)c(C(C)(C)C)c1. The minimum atomic E-state index is -0.0178. The number of aromatic hydroxyl groups is 1. The highest BCUT2D eigenvalue weighted by atomic mass is 16.5. The van der Waals surface area contributed by atoms with E-state index in [0.717, 1.165) is 42.0 Å². The molecule has 0 aliphatic rings. The monoisotopic (exact) mass is 539 g/mol. The van der Waals surface area contributed by atoms with Crippen LogP contribution in [0.25, 0.3) is 0 Å². The molecule has 0 unspecified atom stereocenters. The van der Waals surface area contributed by atoms with E-state index in [0.29, 0.717) is 12.2 Å². The van der Waals surface area contributed by atoms with Crippen LogP contribution in [0, 0.1) is 6.92 Å². The Hall–Kier alpha value is -2.49. The molecule has 220 valence electrons. The molecule has 2 N–H and O–H groups in total. The Labute approximate surface area is 240 Å². The molecule has 4 nitrogen and oxygen atoms in total. The topological polar surface area (TPSA) is 58.6 Å². The average Bonchev–Trinajstić information content (AvgIpc) is 2.84. The predicted octanol–water partition coefficient (Wildman–Crippen LogP) is 10.2. The van der Waals surface area contributed by atoms with Crippen molar-refractivity contribution in [2.45, 2.75) is 137 Å². The number of anilines is 1. The summed E-state index contributed by atoms with van der Waals surface area (Å²) in [7, 11) is 0. The number of aryl methyl sites for hydroxylation is 1. The van der Waals surface area contributed by atoms with Gasteiger partial charge >= 0.3 is 0 Å². The maximum atomic E-state index is 11.5. The van der Waals surface area contributed by atoms with E-state index in [4.69, 9.17) is 4.74 Å². The van der Waals surface area contributed by atoms with E-state index in [1.54, 1.807) is 0 Å². The molecule has 0 saturated heterocycles. The molecule has 0 aromatic heterocycles. The van der Waals surface area contributed by atoms with Crippen LogP contribution in [-0.4, -0.2) is 17.6 Å². The van der Waals surface area contributed by atoms with Gasteiger partial charge in [0, 0.05) is 12.1 Å². The molecule has 0 aliphatic heterocycles. The van der Waals surface area contributed by atoms with E-state index < -0.39 is 0 Å². The first-order valence-electron chi connectivity index (χ1n) is 15.2. The Kier molecular flexibility index (Phi) is 15.3. The van der Waals surface area contributed by atoms with Crippen molar-refractivity contribution in [1.29, 1.82) is 0 Å². The summed E-state index contributed by atoms with van der Waals surface area (Å²) in [6, 6.07) is 11.8. The average molecular weight is 540 g/mol. The van der Waals surface area contributed by atoms with Gasteiger partial charge < -0.3 is 15.2 Å². The van der Waals surface area contributed by atoms with Crippen LogP contribution in [0.1, 0.15) is 136 Å². The zero-order valence-electron chi connectivity index (χ0n) is 26.5. The lowest BCUT2D eigenvalue weighted by Gasteiger charge is -2.27. The number of nitrogens with one attached hydrogen (secondary N) is 1. The third-order valence-electron chi connectivity index (χ3n) is 6.75. The van der Waals surface area contributed by atoms with Crippen LogP contribution in [0.4, 0.5) is 5.69 Å². The molecule has 0 heterocycles. The Balaban J connectivity index is 0.000000416. The zero-order valence-corrected chi connectivity index (χ0v) is 26.5. The third-order valence-corrected chi connectivity index (χ3v) is 6.75. The van der Waals surface area contributed by atoms with Crippen molar-refractivity contribution in [3.05, 3.63) is 53.1 Å². The number of carbonyl (C=O) groups is 1. The highest BCUT2D eigenvalue weighted by Crippen LogP contribution is 2.39. The van der Waals surface area contributed by atoms with Gasteiger partial charge in [-0.3, -0.25) is 4.79 Å². The molecule has 0 aliphatic carbocycles. The molecule has 39 heavy (non-hydrogen) atoms. The Morgan fingerprint density at radius 2 is 1.26 bits per heavy atom. The van der Waals surface area contributed by atoms with E-state index in [9.17, 15) is 9.90 Å². The third kappa shape index (κ3) is 13.9. The van der Waals surface area contributed by atoms with Crippen LogP contribution in [-0.2, 0) is 15.6 Å². The van der Waals surface area contributed by atoms with Crippen molar-refractivity contribution in [3.8, 4) is 11.5 Å². The number of benzene rings is 2. The van der Waals surface area contributed by atoms with Crippen molar-refractivity contribution in [2.24, 2.45) is 0 Å². The Morgan fingerprint density at radius 3 is 1.72 bits per heavy atom. The maximum absolute atomic E-state index is 11.5. The fourth-order valence-corrected chi connectivity index (χ4v) is 4.43. The van der Waals surface area contributed by atoms with Gasteiger partial charge in [0.15, 0.2) is 0 Å². The van der Waals surface area contributed by atoms with E-state index in [1.807, 2.05) is 31.2 Å². The number of rotatable bonds is 13. The summed E-state index contributed by atoms with van der Waals surface area (Å²) in [6.45, 7) is 19.9. The summed E-state index contributed by atoms with van der Waals surface area (Å²) in [6.07, 6.45) is 11.9. The van der Waals surface area contributed by atoms with Crippen LogP contribution in [0.2, 0.25) is 0 Å². The largest absolute Gasteiger partial charge is 0.507 e. The Bertz CT molecular complexity index is 930. The molecule has 0 fully saturated rings. The predicted molar refractivity (Wildman–Crippen MR) is 168 cm³/mol. The smallest absolute Gasteiger partial charge is 0.224 e. The fourth-order valence-electron chi connectivity index (χ4n) is 4.43. The molecule has 1 amide bonds. The van der Waals surface area contributed by atoms with Crippen molar-refractivity contribution < 1.29 is 14.6 Å². The van der Waals surface area contributed by atoms with Crippen LogP contribution in [0.5, 0.6) is 11.5 Å². The minimum Gasteiger partial charge on any atom is -0.507 e. The lowest BCUT2D eigenvalue weighted by Crippen LogP contribution is -2.17. The summed E-state index contributed by atoms with van der Waals surface area (Å²) in [5.41, 5.74) is 4.09. The maximum Gasteiger partial charge on any atom is 0.224 e. The van der Waals surface area contributed by atoms with Gasteiger partial charge in [0.2, 0.25) is 5.91 Å². The molecular formula is C35H57NO3. The number of hydrogen-bond donors (Lipinski definition) is 2. The molecular weight excluding hydrogens is 482 g/mol. The Morgan fingerprint density at radius 1 is 0.769 bits per heavy atom. The van der Waals surface area contributed by atoms with Crippen LogP contribution >= 0.6 is 0 Å². The number of hydrogen-bond acceptors (Lipinski definition) is 3. The highest BCUT2D eigenvalue weighted by molar-refractivity contribution is 5.90. The molecule has 0 saturated carbocycles. The fraction of sp³-hybridized carbons (Fsp3) is 0.629. The second-order valence-corrected chi connectivity index (χ2v) is 12.9. The summed E-state index contributed by atoms with van der Waals surface area (Å²) >= 11 is 0. The first kappa shape index (κ1) is 34.5. The van der Waals surface area contributed by atoms with Crippen molar-refractivity contribution >= 4 is 11.6 Å². The number of phenolic OH excluding ortho intramolecular Hbond substituents is 1. The number of unbranched alkanes of at least 4 members (excludes halogenated alkanes) is 7. The van der Waals surface area contributed by atoms with E-state index >= 15 is 0 Å². The molecule has 2 aromatic carbocycles. The molecule has 2 aromatic rings. The molecule has 0 bridgehead atoms. The van der Waals surface area contributed by atoms with Gasteiger partial charge in [-0.2, -0.15) is 0 Å². The highest BCUT2D eigenvalue weighted by Gasteiger charge is 2.25. The van der Waals surface area contributed by atoms with Crippen LogP contribution in [0.3, 0.4) is 0 Å². The van der Waals surface area contributed by atoms with Crippen LogP contribution in [0.15, 0.2) is 36.4 Å². The van der Waals surface area contributed by atoms with Gasteiger partial charge in [-0.05, 0) is 66.0 Å². The lowest BCUT2D eigenvalue weighted by atomic mass is 9.78. The van der Waals surface area contributed by atoms with Gasteiger partial charge in [-0.15, -0.1) is 0 Å². The molecule has 4 heteroatoms. The van der Waals surface area contributed by atoms with E-state index in [1.165, 1.54) is 50.5 Å². The van der Waals surface area contributed by atoms with Crippen molar-refractivity contribution in [2.75, 3.05) is 11.9 Å². The molecule has 2 rings (SSSR count). The summed E-state index contributed by atoms with van der Waals surface area (Å²) in [5, 5.41) is 13.3. The van der Waals surface area contributed by atoms with E-state index in [-0.39, 0.29) is 16.7 Å². The molecule has 0 spiro atoms. The zero-order chi connectivity index (χ0) is 29.5. The first-order valence-corrected chi connectivity index (χ1v) is 15.2. The number of amides is 1. The molecule has 0 radical (unpaired) electrons.